The molecule has 8 nitrogen and oxygen atoms in total. The van der Waals surface area contributed by atoms with Crippen molar-refractivity contribution in [2.75, 3.05) is 31.1 Å². The fourth-order valence-corrected chi connectivity index (χ4v) is 3.87. The molecule has 162 valence electrons. The average molecular weight is 415 g/mol. The summed E-state index contributed by atoms with van der Waals surface area (Å²) in [7, 11) is 0. The molecular formula is C22H29N3O5. The van der Waals surface area contributed by atoms with Gasteiger partial charge in [0.25, 0.3) is 11.8 Å². The molecule has 1 saturated carbocycles. The Kier molecular flexibility index (Phi) is 7.82. The number of carbonyl (C=O) groups excluding carboxylic acids is 4. The summed E-state index contributed by atoms with van der Waals surface area (Å²) in [6, 6.07) is 6.65. The van der Waals surface area contributed by atoms with Crippen molar-refractivity contribution in [3.8, 4) is 0 Å². The van der Waals surface area contributed by atoms with E-state index in [4.69, 9.17) is 4.74 Å². The molecule has 2 fully saturated rings. The third-order valence-corrected chi connectivity index (χ3v) is 5.58. The SMILES string of the molecule is O=C(COC(=O)CNC(=O)c1ccc(N2CCCC2=O)cc1)NCC1CCCCC1. The first-order chi connectivity index (χ1) is 14.5. The average Bonchev–Trinajstić information content (AvgIpc) is 3.21. The molecule has 0 radical (unpaired) electrons. The monoisotopic (exact) mass is 415 g/mol. The van der Waals surface area contributed by atoms with Crippen molar-refractivity contribution < 1.29 is 23.9 Å². The molecule has 1 saturated heterocycles. The topological polar surface area (TPSA) is 105 Å². The van der Waals surface area contributed by atoms with E-state index in [2.05, 4.69) is 10.6 Å². The number of anilines is 1. The zero-order chi connectivity index (χ0) is 21.3. The van der Waals surface area contributed by atoms with Gasteiger partial charge in [-0.15, -0.1) is 0 Å². The molecule has 1 aliphatic carbocycles. The normalized spacial score (nSPS) is 16.9. The molecule has 0 atom stereocenters. The van der Waals surface area contributed by atoms with Gasteiger partial charge in [-0.05, 0) is 49.4 Å². The van der Waals surface area contributed by atoms with E-state index in [9.17, 15) is 19.2 Å². The predicted molar refractivity (Wildman–Crippen MR) is 111 cm³/mol. The lowest BCUT2D eigenvalue weighted by Crippen LogP contribution is -2.36. The second-order valence-electron chi connectivity index (χ2n) is 7.85. The van der Waals surface area contributed by atoms with Gasteiger partial charge in [0.2, 0.25) is 5.91 Å². The summed E-state index contributed by atoms with van der Waals surface area (Å²) in [6.45, 7) is 0.637. The van der Waals surface area contributed by atoms with Crippen molar-refractivity contribution in [3.63, 3.8) is 0 Å². The van der Waals surface area contributed by atoms with Crippen molar-refractivity contribution in [2.24, 2.45) is 5.92 Å². The van der Waals surface area contributed by atoms with Gasteiger partial charge in [0.05, 0.1) is 0 Å². The first kappa shape index (κ1) is 21.8. The lowest BCUT2D eigenvalue weighted by atomic mass is 9.89. The van der Waals surface area contributed by atoms with Crippen LogP contribution in [0.25, 0.3) is 0 Å². The van der Waals surface area contributed by atoms with E-state index in [1.807, 2.05) is 0 Å². The minimum atomic E-state index is -0.671. The van der Waals surface area contributed by atoms with Crippen molar-refractivity contribution in [1.29, 1.82) is 0 Å². The molecule has 8 heteroatoms. The molecule has 0 spiro atoms. The molecule has 3 rings (SSSR count). The highest BCUT2D eigenvalue weighted by atomic mass is 16.5. The number of rotatable bonds is 8. The molecule has 3 amide bonds. The maximum atomic E-state index is 12.2. The number of nitrogens with one attached hydrogen (secondary N) is 2. The first-order valence-corrected chi connectivity index (χ1v) is 10.6. The summed E-state index contributed by atoms with van der Waals surface area (Å²) in [5, 5.41) is 5.28. The van der Waals surface area contributed by atoms with Crippen LogP contribution in [0.2, 0.25) is 0 Å². The fourth-order valence-electron chi connectivity index (χ4n) is 3.87. The quantitative estimate of drug-likeness (QED) is 0.630. The van der Waals surface area contributed by atoms with Crippen molar-refractivity contribution in [2.45, 2.75) is 44.9 Å². The molecule has 1 aromatic carbocycles. The Morgan fingerprint density at radius 3 is 2.40 bits per heavy atom. The van der Waals surface area contributed by atoms with Crippen LogP contribution in [0.3, 0.4) is 0 Å². The Morgan fingerprint density at radius 1 is 1.00 bits per heavy atom. The molecule has 1 aliphatic heterocycles. The smallest absolute Gasteiger partial charge is 0.325 e. The van der Waals surface area contributed by atoms with E-state index in [1.165, 1.54) is 19.3 Å². The molecule has 2 aliphatic rings. The highest BCUT2D eigenvalue weighted by Gasteiger charge is 2.22. The Labute approximate surface area is 176 Å². The number of benzene rings is 1. The fraction of sp³-hybridized carbons (Fsp3) is 0.545. The largest absolute Gasteiger partial charge is 0.454 e. The lowest BCUT2D eigenvalue weighted by Gasteiger charge is -2.21. The van der Waals surface area contributed by atoms with E-state index < -0.39 is 11.9 Å². The van der Waals surface area contributed by atoms with Crippen LogP contribution in [0.1, 0.15) is 55.3 Å². The number of hydrogen-bond acceptors (Lipinski definition) is 5. The summed E-state index contributed by atoms with van der Waals surface area (Å²) in [5.41, 5.74) is 1.14. The van der Waals surface area contributed by atoms with Crippen molar-refractivity contribution in [3.05, 3.63) is 29.8 Å². The van der Waals surface area contributed by atoms with Crippen molar-refractivity contribution >= 4 is 29.4 Å². The Balaban J connectivity index is 1.34. The van der Waals surface area contributed by atoms with Crippen LogP contribution in [-0.4, -0.2) is 49.9 Å². The summed E-state index contributed by atoms with van der Waals surface area (Å²) in [4.78, 5) is 49.2. The minimum absolute atomic E-state index is 0.0812. The van der Waals surface area contributed by atoms with E-state index in [0.717, 1.165) is 24.9 Å². The second kappa shape index (κ2) is 10.8. The first-order valence-electron chi connectivity index (χ1n) is 10.6. The molecule has 1 aromatic rings. The number of esters is 1. The third-order valence-electron chi connectivity index (χ3n) is 5.58. The van der Waals surface area contributed by atoms with Gasteiger partial charge in [-0.2, -0.15) is 0 Å². The standard InChI is InChI=1S/C22H29N3O5/c26-19(23-13-16-5-2-1-3-6-16)15-30-21(28)14-24-22(29)17-8-10-18(11-9-17)25-12-4-7-20(25)27/h8-11,16H,1-7,12-15H2,(H,23,26)(H,24,29). The highest BCUT2D eigenvalue weighted by Crippen LogP contribution is 2.23. The maximum absolute atomic E-state index is 12.2. The Hall–Kier alpha value is -2.90. The van der Waals surface area contributed by atoms with Gasteiger partial charge in [-0.1, -0.05) is 19.3 Å². The Morgan fingerprint density at radius 2 is 1.73 bits per heavy atom. The number of nitrogens with zero attached hydrogens (tertiary/aromatic N) is 1. The van der Waals surface area contributed by atoms with E-state index >= 15 is 0 Å². The molecule has 0 bridgehead atoms. The van der Waals surface area contributed by atoms with Crippen LogP contribution in [0, 0.1) is 5.92 Å². The molecular weight excluding hydrogens is 386 g/mol. The molecule has 30 heavy (non-hydrogen) atoms. The van der Waals surface area contributed by atoms with Crippen LogP contribution in [0.15, 0.2) is 24.3 Å². The Bertz CT molecular complexity index is 771. The zero-order valence-electron chi connectivity index (χ0n) is 17.2. The van der Waals surface area contributed by atoms with Crippen LogP contribution < -0.4 is 15.5 Å². The third kappa shape index (κ3) is 6.30. The van der Waals surface area contributed by atoms with Crippen LogP contribution in [0.4, 0.5) is 5.69 Å². The minimum Gasteiger partial charge on any atom is -0.454 e. The zero-order valence-corrected chi connectivity index (χ0v) is 17.2. The number of amides is 3. The van der Waals surface area contributed by atoms with Gasteiger partial charge in [0, 0.05) is 30.8 Å². The maximum Gasteiger partial charge on any atom is 0.325 e. The van der Waals surface area contributed by atoms with Gasteiger partial charge in [0.1, 0.15) is 6.54 Å². The number of carbonyl (C=O) groups is 4. The summed E-state index contributed by atoms with van der Waals surface area (Å²) < 4.78 is 4.92. The molecule has 2 N–H and O–H groups in total. The summed E-state index contributed by atoms with van der Waals surface area (Å²) >= 11 is 0. The lowest BCUT2D eigenvalue weighted by molar-refractivity contribution is -0.147. The molecule has 0 aromatic heterocycles. The van der Waals surface area contributed by atoms with Gasteiger partial charge < -0.3 is 20.3 Å². The van der Waals surface area contributed by atoms with Gasteiger partial charge >= 0.3 is 5.97 Å². The van der Waals surface area contributed by atoms with E-state index in [1.54, 1.807) is 29.2 Å². The van der Waals surface area contributed by atoms with Gasteiger partial charge in [0.15, 0.2) is 6.61 Å². The van der Waals surface area contributed by atoms with E-state index in [-0.39, 0.29) is 25.0 Å². The van der Waals surface area contributed by atoms with Gasteiger partial charge in [-0.25, -0.2) is 0 Å². The van der Waals surface area contributed by atoms with Crippen molar-refractivity contribution in [1.82, 2.24) is 10.6 Å². The number of ether oxygens (including phenoxy) is 1. The summed E-state index contributed by atoms with van der Waals surface area (Å²) in [6.07, 6.45) is 7.30. The second-order valence-corrected chi connectivity index (χ2v) is 7.85. The predicted octanol–water partition coefficient (Wildman–Crippen LogP) is 1.78. The van der Waals surface area contributed by atoms with Crippen LogP contribution in [0.5, 0.6) is 0 Å². The molecule has 1 heterocycles. The highest BCUT2D eigenvalue weighted by molar-refractivity contribution is 5.98. The number of hydrogen-bond donors (Lipinski definition) is 2. The van der Waals surface area contributed by atoms with Crippen LogP contribution >= 0.6 is 0 Å². The van der Waals surface area contributed by atoms with E-state index in [0.29, 0.717) is 31.0 Å². The van der Waals surface area contributed by atoms with Gasteiger partial charge in [-0.3, -0.25) is 19.2 Å². The van der Waals surface area contributed by atoms with Crippen LogP contribution in [-0.2, 0) is 19.1 Å². The summed E-state index contributed by atoms with van der Waals surface area (Å²) in [5.74, 6) is -0.832. The molecule has 0 unspecified atom stereocenters.